The number of rotatable bonds is 9. The molecule has 1 atom stereocenters. The van der Waals surface area contributed by atoms with Crippen molar-refractivity contribution in [2.45, 2.75) is 39.7 Å². The van der Waals surface area contributed by atoms with Gasteiger partial charge in [-0.2, -0.15) is 0 Å². The third kappa shape index (κ3) is 4.97. The van der Waals surface area contributed by atoms with Gasteiger partial charge in [-0.25, -0.2) is 15.0 Å². The summed E-state index contributed by atoms with van der Waals surface area (Å²) in [6.45, 7) is 9.94. The molecule has 3 rings (SSSR count). The molecule has 2 aromatic heterocycles. The molecule has 0 radical (unpaired) electrons. The summed E-state index contributed by atoms with van der Waals surface area (Å²) in [6.07, 6.45) is 5.78. The van der Waals surface area contributed by atoms with Crippen LogP contribution in [0, 0.1) is 0 Å². The molecule has 0 aliphatic rings. The van der Waals surface area contributed by atoms with Crippen LogP contribution in [-0.4, -0.2) is 45.5 Å². The lowest BCUT2D eigenvalue weighted by atomic mass is 10.1. The molecule has 1 aromatic carbocycles. The first kappa shape index (κ1) is 20.5. The van der Waals surface area contributed by atoms with Crippen molar-refractivity contribution in [2.24, 2.45) is 0 Å². The monoisotopic (exact) mass is 397 g/mol. The maximum absolute atomic E-state index is 6.31. The highest BCUT2D eigenvalue weighted by Crippen LogP contribution is 2.27. The third-order valence-electron chi connectivity index (χ3n) is 5.00. The lowest BCUT2D eigenvalue weighted by Gasteiger charge is -2.20. The van der Waals surface area contributed by atoms with Gasteiger partial charge in [-0.05, 0) is 51.5 Å². The van der Waals surface area contributed by atoms with Gasteiger partial charge < -0.3 is 10.2 Å². The molecule has 6 heteroatoms. The predicted octanol–water partition coefficient (Wildman–Crippen LogP) is 5.27. The molecule has 0 bridgehead atoms. The van der Waals surface area contributed by atoms with Crippen molar-refractivity contribution in [3.63, 3.8) is 0 Å². The van der Waals surface area contributed by atoms with Crippen molar-refractivity contribution in [1.82, 2.24) is 19.9 Å². The van der Waals surface area contributed by atoms with Crippen LogP contribution < -0.4 is 5.32 Å². The summed E-state index contributed by atoms with van der Waals surface area (Å²) in [5, 5.41) is 4.18. The quantitative estimate of drug-likeness (QED) is 0.533. The molecule has 5 nitrogen and oxygen atoms in total. The molecule has 0 saturated carbocycles. The van der Waals surface area contributed by atoms with Crippen molar-refractivity contribution >= 4 is 28.5 Å². The third-order valence-corrected chi connectivity index (χ3v) is 5.33. The van der Waals surface area contributed by atoms with Crippen LogP contribution in [0.4, 0.5) is 5.82 Å². The molecule has 1 unspecified atom stereocenters. The molecule has 0 aliphatic heterocycles. The predicted molar refractivity (Wildman–Crippen MR) is 118 cm³/mol. The van der Waals surface area contributed by atoms with Gasteiger partial charge in [0.2, 0.25) is 0 Å². The molecule has 0 amide bonds. The highest BCUT2D eigenvalue weighted by atomic mass is 35.5. The summed E-state index contributed by atoms with van der Waals surface area (Å²) in [5.74, 6) is 0.783. The molecular formula is C22H28ClN5. The fourth-order valence-corrected chi connectivity index (χ4v) is 3.55. The molecular weight excluding hydrogens is 370 g/mol. The number of nitrogens with one attached hydrogen (secondary N) is 1. The summed E-state index contributed by atoms with van der Waals surface area (Å²) in [7, 11) is 0. The number of hydrogen-bond donors (Lipinski definition) is 1. The first-order valence-electron chi connectivity index (χ1n) is 9.98. The highest BCUT2D eigenvalue weighted by Gasteiger charge is 2.11. The second-order valence-corrected chi connectivity index (χ2v) is 7.38. The summed E-state index contributed by atoms with van der Waals surface area (Å²) < 4.78 is 0. The molecule has 1 N–H and O–H groups in total. The van der Waals surface area contributed by atoms with Crippen molar-refractivity contribution in [2.75, 3.05) is 25.0 Å². The topological polar surface area (TPSA) is 53.9 Å². The van der Waals surface area contributed by atoms with Crippen molar-refractivity contribution in [3.8, 4) is 11.3 Å². The summed E-state index contributed by atoms with van der Waals surface area (Å²) in [6, 6.07) is 9.89. The Kier molecular flexibility index (Phi) is 7.18. The zero-order valence-electron chi connectivity index (χ0n) is 16.8. The zero-order chi connectivity index (χ0) is 19.9. The maximum atomic E-state index is 6.31. The van der Waals surface area contributed by atoms with E-state index in [9.17, 15) is 0 Å². The summed E-state index contributed by atoms with van der Waals surface area (Å²) in [4.78, 5) is 16.3. The number of hydrogen-bond acceptors (Lipinski definition) is 5. The molecule has 0 spiro atoms. The number of anilines is 1. The van der Waals surface area contributed by atoms with Gasteiger partial charge in [0.15, 0.2) is 5.82 Å². The van der Waals surface area contributed by atoms with E-state index >= 15 is 0 Å². The minimum Gasteiger partial charge on any atom is -0.366 e. The number of pyridine rings is 1. The molecule has 0 saturated heterocycles. The summed E-state index contributed by atoms with van der Waals surface area (Å²) >= 11 is 6.31. The van der Waals surface area contributed by atoms with Gasteiger partial charge >= 0.3 is 0 Å². The van der Waals surface area contributed by atoms with Crippen molar-refractivity contribution in [1.29, 1.82) is 0 Å². The van der Waals surface area contributed by atoms with Crippen LogP contribution in [-0.2, 0) is 0 Å². The van der Waals surface area contributed by atoms with Crippen LogP contribution in [0.5, 0.6) is 0 Å². The lowest BCUT2D eigenvalue weighted by molar-refractivity contribution is 0.295. The van der Waals surface area contributed by atoms with Crippen LogP contribution in [0.1, 0.15) is 33.6 Å². The molecule has 148 valence electrons. The van der Waals surface area contributed by atoms with Crippen LogP contribution in [0.2, 0.25) is 5.02 Å². The number of benzene rings is 1. The Morgan fingerprint density at radius 3 is 2.64 bits per heavy atom. The summed E-state index contributed by atoms with van der Waals surface area (Å²) in [5.41, 5.74) is 3.25. The van der Waals surface area contributed by atoms with Gasteiger partial charge in [0.05, 0.1) is 22.4 Å². The van der Waals surface area contributed by atoms with Gasteiger partial charge in [-0.15, -0.1) is 0 Å². The SMILES string of the molecule is CCN(CC)CCCC(C)Nc1nccc2nc(-c3ccccc3Cl)cnc12. The van der Waals surface area contributed by atoms with Gasteiger partial charge in [-0.1, -0.05) is 43.6 Å². The molecule has 2 heterocycles. The standard InChI is InChI=1S/C22H28ClN5/c1-4-28(5-2)14-8-9-16(3)26-22-21-19(12-13-24-22)27-20(15-25-21)17-10-6-7-11-18(17)23/h6-7,10-13,15-16H,4-5,8-9,14H2,1-3H3,(H,24,26). The molecule has 28 heavy (non-hydrogen) atoms. The number of fused-ring (bicyclic) bond motifs is 1. The number of aromatic nitrogens is 3. The second-order valence-electron chi connectivity index (χ2n) is 6.98. The average molecular weight is 398 g/mol. The van der Waals surface area contributed by atoms with E-state index in [-0.39, 0.29) is 0 Å². The largest absolute Gasteiger partial charge is 0.366 e. The van der Waals surface area contributed by atoms with Gasteiger partial charge in [0.25, 0.3) is 0 Å². The Labute approximate surface area is 172 Å². The van der Waals surface area contributed by atoms with Crippen LogP contribution in [0.3, 0.4) is 0 Å². The first-order chi connectivity index (χ1) is 13.6. The van der Waals surface area contributed by atoms with Gasteiger partial charge in [0.1, 0.15) is 5.52 Å². The Morgan fingerprint density at radius 2 is 1.89 bits per heavy atom. The Balaban J connectivity index is 1.73. The lowest BCUT2D eigenvalue weighted by Crippen LogP contribution is -2.25. The minimum absolute atomic E-state index is 0.318. The van der Waals surface area contributed by atoms with E-state index in [1.165, 1.54) is 0 Å². The van der Waals surface area contributed by atoms with E-state index in [2.05, 4.69) is 41.0 Å². The van der Waals surface area contributed by atoms with Crippen LogP contribution in [0.15, 0.2) is 42.7 Å². The number of nitrogens with zero attached hydrogens (tertiary/aromatic N) is 4. The van der Waals surface area contributed by atoms with E-state index in [1.54, 1.807) is 12.4 Å². The molecule has 0 aliphatic carbocycles. The van der Waals surface area contributed by atoms with Crippen LogP contribution in [0.25, 0.3) is 22.3 Å². The van der Waals surface area contributed by atoms with Crippen molar-refractivity contribution in [3.05, 3.63) is 47.7 Å². The average Bonchev–Trinajstić information content (AvgIpc) is 2.71. The number of halogens is 1. The fourth-order valence-electron chi connectivity index (χ4n) is 3.32. The molecule has 3 aromatic rings. The Bertz CT molecular complexity index is 910. The molecule has 0 fully saturated rings. The van der Waals surface area contributed by atoms with Gasteiger partial charge in [-0.3, -0.25) is 0 Å². The van der Waals surface area contributed by atoms with Gasteiger partial charge in [0, 0.05) is 17.8 Å². The smallest absolute Gasteiger partial charge is 0.154 e. The Hall–Kier alpha value is -2.24. The van der Waals surface area contributed by atoms with E-state index in [4.69, 9.17) is 16.6 Å². The highest BCUT2D eigenvalue weighted by molar-refractivity contribution is 6.33. The minimum atomic E-state index is 0.318. The van der Waals surface area contributed by atoms with E-state index < -0.39 is 0 Å². The van der Waals surface area contributed by atoms with E-state index in [0.29, 0.717) is 11.1 Å². The maximum Gasteiger partial charge on any atom is 0.154 e. The Morgan fingerprint density at radius 1 is 1.11 bits per heavy atom. The van der Waals surface area contributed by atoms with Crippen LogP contribution >= 0.6 is 11.6 Å². The fraction of sp³-hybridized carbons (Fsp3) is 0.409. The first-order valence-corrected chi connectivity index (χ1v) is 10.4. The van der Waals surface area contributed by atoms with E-state index in [1.807, 2.05) is 30.3 Å². The normalized spacial score (nSPS) is 12.5. The van der Waals surface area contributed by atoms with E-state index in [0.717, 1.165) is 60.6 Å². The van der Waals surface area contributed by atoms with Crippen molar-refractivity contribution < 1.29 is 0 Å². The second kappa shape index (κ2) is 9.80. The zero-order valence-corrected chi connectivity index (χ0v) is 17.6.